The van der Waals surface area contributed by atoms with Gasteiger partial charge in [0.15, 0.2) is 11.3 Å². The summed E-state index contributed by atoms with van der Waals surface area (Å²) in [6, 6.07) is 12.7. The number of nitrogens with two attached hydrogens (primary N) is 1. The molecule has 3 N–H and O–H groups in total. The third kappa shape index (κ3) is 5.40. The van der Waals surface area contributed by atoms with Gasteiger partial charge in [0.1, 0.15) is 11.3 Å². The Morgan fingerprint density at radius 3 is 2.38 bits per heavy atom. The smallest absolute Gasteiger partial charge is 0.433 e. The molecule has 0 saturated carbocycles. The maximum Gasteiger partial charge on any atom is 0.433 e. The quantitative estimate of drug-likeness (QED) is 0.342. The van der Waals surface area contributed by atoms with E-state index in [1.54, 1.807) is 48.5 Å². The van der Waals surface area contributed by atoms with E-state index in [9.17, 15) is 27.9 Å². The minimum absolute atomic E-state index is 0.0448. The number of nitrogens with zero attached hydrogens (tertiary/aromatic N) is 5. The van der Waals surface area contributed by atoms with Crippen LogP contribution in [0.15, 0.2) is 54.7 Å². The van der Waals surface area contributed by atoms with E-state index in [0.717, 1.165) is 6.20 Å². The van der Waals surface area contributed by atoms with Crippen molar-refractivity contribution >= 4 is 17.5 Å². The van der Waals surface area contributed by atoms with Crippen LogP contribution in [0.25, 0.3) is 16.9 Å². The number of amides is 2. The number of halogens is 3. The summed E-state index contributed by atoms with van der Waals surface area (Å²) in [4.78, 5) is 33.2. The van der Waals surface area contributed by atoms with Crippen molar-refractivity contribution in [2.75, 3.05) is 39.9 Å². The summed E-state index contributed by atoms with van der Waals surface area (Å²) in [6.45, 7) is 2.38. The van der Waals surface area contributed by atoms with Crippen molar-refractivity contribution in [3.05, 3.63) is 82.7 Å². The van der Waals surface area contributed by atoms with Crippen molar-refractivity contribution in [1.82, 2.24) is 24.4 Å². The number of aromatic nitrogens is 3. The second-order valence-electron chi connectivity index (χ2n) is 9.97. The predicted octanol–water partition coefficient (Wildman–Crippen LogP) is 3.32. The highest BCUT2D eigenvalue weighted by Crippen LogP contribution is 2.37. The molecule has 5 rings (SSSR count). The molecule has 2 aromatic heterocycles. The molecule has 1 fully saturated rings. The minimum atomic E-state index is -4.75. The van der Waals surface area contributed by atoms with Gasteiger partial charge >= 0.3 is 6.18 Å². The van der Waals surface area contributed by atoms with Crippen LogP contribution in [-0.4, -0.2) is 81.2 Å². The van der Waals surface area contributed by atoms with Crippen molar-refractivity contribution in [3.8, 4) is 17.0 Å². The van der Waals surface area contributed by atoms with E-state index in [0.29, 0.717) is 40.0 Å². The van der Waals surface area contributed by atoms with Crippen LogP contribution in [0.3, 0.4) is 0 Å². The molecule has 2 aromatic carbocycles. The van der Waals surface area contributed by atoms with Crippen molar-refractivity contribution < 1.29 is 32.6 Å². The van der Waals surface area contributed by atoms with Gasteiger partial charge in [-0.15, -0.1) is 0 Å². The van der Waals surface area contributed by atoms with Gasteiger partial charge in [-0.3, -0.25) is 14.5 Å². The molecule has 0 radical (unpaired) electrons. The lowest BCUT2D eigenvalue weighted by atomic mass is 10.0. The first kappa shape index (κ1) is 29.0. The standard InChI is InChI=1S/C29H29F3N6O4/c1-17-24(18-6-8-21(42-2)9-7-18)35-27-22(15-34-38(27)25(17)29(30,31)32)28(41)37-12-10-36(11-13-37)23(16-39)19-4-3-5-20(14-19)26(33)40/h3-9,14-15,23,39H,10-13,16H2,1-2H3,(H2,33,40)/t23-/m1/s1. The number of fused-ring (bicyclic) bond motifs is 1. The molecule has 3 heterocycles. The maximum absolute atomic E-state index is 14.3. The number of methoxy groups -OCH3 is 1. The fraction of sp³-hybridized carbons (Fsp3) is 0.310. The summed E-state index contributed by atoms with van der Waals surface area (Å²) < 4.78 is 48.6. The van der Waals surface area contributed by atoms with Gasteiger partial charge in [-0.1, -0.05) is 12.1 Å². The Balaban J connectivity index is 1.43. The number of carbonyl (C=O) groups is 2. The van der Waals surface area contributed by atoms with Gasteiger partial charge in [0.25, 0.3) is 5.91 Å². The normalized spacial score (nSPS) is 15.1. The van der Waals surface area contributed by atoms with Gasteiger partial charge in [-0.25, -0.2) is 9.50 Å². The molecule has 0 spiro atoms. The number of aliphatic hydroxyl groups excluding tert-OH is 1. The van der Waals surface area contributed by atoms with Crippen LogP contribution in [0.5, 0.6) is 5.75 Å². The Kier molecular flexibility index (Phi) is 7.89. The van der Waals surface area contributed by atoms with E-state index >= 15 is 0 Å². The van der Waals surface area contributed by atoms with E-state index in [1.165, 1.54) is 18.9 Å². The van der Waals surface area contributed by atoms with E-state index in [2.05, 4.69) is 10.1 Å². The molecule has 220 valence electrons. The summed E-state index contributed by atoms with van der Waals surface area (Å²) in [5.74, 6) is -0.534. The fourth-order valence-electron chi connectivity index (χ4n) is 5.33. The van der Waals surface area contributed by atoms with Gasteiger partial charge in [-0.05, 0) is 48.9 Å². The molecule has 2 amide bonds. The number of hydrogen-bond acceptors (Lipinski definition) is 7. The van der Waals surface area contributed by atoms with Crippen LogP contribution in [-0.2, 0) is 6.18 Å². The molecule has 0 unspecified atom stereocenters. The number of ether oxygens (including phenoxy) is 1. The summed E-state index contributed by atoms with van der Waals surface area (Å²) in [7, 11) is 1.49. The Bertz CT molecular complexity index is 1630. The summed E-state index contributed by atoms with van der Waals surface area (Å²) >= 11 is 0. The third-order valence-electron chi connectivity index (χ3n) is 7.52. The lowest BCUT2D eigenvalue weighted by Crippen LogP contribution is -2.50. The number of aliphatic hydroxyl groups is 1. The average molecular weight is 583 g/mol. The first-order valence-electron chi connectivity index (χ1n) is 13.2. The maximum atomic E-state index is 14.3. The van der Waals surface area contributed by atoms with E-state index in [4.69, 9.17) is 10.5 Å². The van der Waals surface area contributed by atoms with Gasteiger partial charge < -0.3 is 20.5 Å². The predicted molar refractivity (Wildman–Crippen MR) is 147 cm³/mol. The van der Waals surface area contributed by atoms with E-state index < -0.39 is 29.7 Å². The van der Waals surface area contributed by atoms with Gasteiger partial charge in [0.2, 0.25) is 5.91 Å². The largest absolute Gasteiger partial charge is 0.497 e. The monoisotopic (exact) mass is 582 g/mol. The van der Waals surface area contributed by atoms with Crippen LogP contribution < -0.4 is 10.5 Å². The molecular weight excluding hydrogens is 553 g/mol. The first-order valence-corrected chi connectivity index (χ1v) is 13.2. The Morgan fingerprint density at radius 1 is 1.10 bits per heavy atom. The Hall–Kier alpha value is -4.49. The molecular formula is C29H29F3N6O4. The van der Waals surface area contributed by atoms with Gasteiger partial charge in [0.05, 0.1) is 31.6 Å². The molecule has 13 heteroatoms. The van der Waals surface area contributed by atoms with Crippen LogP contribution in [0.4, 0.5) is 13.2 Å². The molecule has 1 aliphatic rings. The van der Waals surface area contributed by atoms with Crippen LogP contribution in [0, 0.1) is 6.92 Å². The molecule has 10 nitrogen and oxygen atoms in total. The number of alkyl halides is 3. The zero-order valence-electron chi connectivity index (χ0n) is 22.9. The molecule has 0 aliphatic carbocycles. The molecule has 1 saturated heterocycles. The van der Waals surface area contributed by atoms with E-state index in [-0.39, 0.29) is 42.2 Å². The minimum Gasteiger partial charge on any atom is -0.497 e. The molecule has 1 atom stereocenters. The number of piperazine rings is 1. The average Bonchev–Trinajstić information content (AvgIpc) is 3.39. The van der Waals surface area contributed by atoms with Crippen molar-refractivity contribution in [2.24, 2.45) is 5.73 Å². The SMILES string of the molecule is COc1ccc(-c2nc3c(C(=O)N4CCN([C@H](CO)c5cccc(C(N)=O)c5)CC4)cnn3c(C(F)(F)F)c2C)cc1. The van der Waals surface area contributed by atoms with Crippen molar-refractivity contribution in [1.29, 1.82) is 0 Å². The molecule has 42 heavy (non-hydrogen) atoms. The highest BCUT2D eigenvalue weighted by atomic mass is 19.4. The number of rotatable bonds is 7. The zero-order valence-corrected chi connectivity index (χ0v) is 22.9. The summed E-state index contributed by atoms with van der Waals surface area (Å²) in [6.07, 6.45) is -3.63. The number of primary amides is 1. The van der Waals surface area contributed by atoms with Crippen LogP contribution in [0.2, 0.25) is 0 Å². The van der Waals surface area contributed by atoms with Crippen LogP contribution in [0.1, 0.15) is 43.6 Å². The van der Waals surface area contributed by atoms with Crippen molar-refractivity contribution in [2.45, 2.75) is 19.1 Å². The molecule has 1 aliphatic heterocycles. The second-order valence-corrected chi connectivity index (χ2v) is 9.97. The van der Waals surface area contributed by atoms with Gasteiger partial charge in [-0.2, -0.15) is 18.3 Å². The zero-order chi connectivity index (χ0) is 30.2. The van der Waals surface area contributed by atoms with Gasteiger partial charge in [0, 0.05) is 42.9 Å². The van der Waals surface area contributed by atoms with Crippen LogP contribution >= 0.6 is 0 Å². The topological polar surface area (TPSA) is 126 Å². The number of carbonyl (C=O) groups excluding carboxylic acids is 2. The molecule has 0 bridgehead atoms. The lowest BCUT2D eigenvalue weighted by molar-refractivity contribution is -0.143. The molecule has 4 aromatic rings. The summed E-state index contributed by atoms with van der Waals surface area (Å²) in [5.41, 5.74) is 5.58. The first-order chi connectivity index (χ1) is 20.0. The second kappa shape index (κ2) is 11.4. The van der Waals surface area contributed by atoms with E-state index in [1.807, 2.05) is 4.90 Å². The third-order valence-corrected chi connectivity index (χ3v) is 7.52. The fourth-order valence-corrected chi connectivity index (χ4v) is 5.33. The lowest BCUT2D eigenvalue weighted by Gasteiger charge is -2.38. The number of benzene rings is 2. The Morgan fingerprint density at radius 2 is 1.79 bits per heavy atom. The summed E-state index contributed by atoms with van der Waals surface area (Å²) in [5, 5.41) is 14.0. The highest BCUT2D eigenvalue weighted by Gasteiger charge is 2.39. The Labute approximate surface area is 239 Å². The van der Waals surface area contributed by atoms with Crippen molar-refractivity contribution in [3.63, 3.8) is 0 Å². The highest BCUT2D eigenvalue weighted by molar-refractivity contribution is 6.00. The number of hydrogen-bond donors (Lipinski definition) is 2.